The minimum atomic E-state index is -0.0808. The lowest BCUT2D eigenvalue weighted by molar-refractivity contribution is 0.548. The fraction of sp³-hybridized carbons (Fsp3) is 0.400. The Morgan fingerprint density at radius 2 is 1.95 bits per heavy atom. The summed E-state index contributed by atoms with van der Waals surface area (Å²) in [6, 6.07) is 7.98. The number of aromatic amines is 1. The standard InChI is InChI=1S/C15H19N3O/c1-10(18-15(19)9-14(16)17-18)12-7-6-11-4-2-3-5-13(11)8-12/h6-10,17H,2-5,16H2,1H3. The number of anilines is 1. The average Bonchev–Trinajstić information content (AvgIpc) is 2.76. The summed E-state index contributed by atoms with van der Waals surface area (Å²) >= 11 is 0. The number of aryl methyl sites for hydroxylation is 2. The number of benzene rings is 1. The Bertz CT molecular complexity index is 654. The van der Waals surface area contributed by atoms with Crippen molar-refractivity contribution >= 4 is 5.82 Å². The fourth-order valence-electron chi connectivity index (χ4n) is 2.88. The molecule has 1 aliphatic rings. The van der Waals surface area contributed by atoms with Crippen molar-refractivity contribution in [3.8, 4) is 0 Å². The number of rotatable bonds is 2. The molecule has 1 aromatic heterocycles. The molecule has 4 nitrogen and oxygen atoms in total. The van der Waals surface area contributed by atoms with Crippen LogP contribution < -0.4 is 11.3 Å². The summed E-state index contributed by atoms with van der Waals surface area (Å²) < 4.78 is 1.58. The van der Waals surface area contributed by atoms with Crippen LogP contribution in [0.15, 0.2) is 29.1 Å². The Hall–Kier alpha value is -1.97. The predicted molar refractivity (Wildman–Crippen MR) is 76.4 cm³/mol. The summed E-state index contributed by atoms with van der Waals surface area (Å²) in [5.74, 6) is 0.412. The smallest absolute Gasteiger partial charge is 0.269 e. The van der Waals surface area contributed by atoms with Crippen LogP contribution in [0.3, 0.4) is 0 Å². The molecule has 100 valence electrons. The van der Waals surface area contributed by atoms with E-state index in [0.717, 1.165) is 12.0 Å². The molecule has 1 atom stereocenters. The zero-order valence-electron chi connectivity index (χ0n) is 11.1. The maximum Gasteiger partial charge on any atom is 0.269 e. The molecule has 0 amide bonds. The second-order valence-corrected chi connectivity index (χ2v) is 5.33. The maximum atomic E-state index is 11.8. The van der Waals surface area contributed by atoms with Gasteiger partial charge in [-0.25, -0.2) is 4.68 Å². The van der Waals surface area contributed by atoms with E-state index in [9.17, 15) is 4.79 Å². The molecule has 0 spiro atoms. The molecule has 0 aliphatic heterocycles. The minimum absolute atomic E-state index is 0.0166. The first kappa shape index (κ1) is 12.1. The van der Waals surface area contributed by atoms with Gasteiger partial charge in [0.25, 0.3) is 5.56 Å². The Balaban J connectivity index is 1.98. The molecule has 3 rings (SSSR count). The van der Waals surface area contributed by atoms with Crippen LogP contribution in [-0.4, -0.2) is 9.78 Å². The van der Waals surface area contributed by atoms with Crippen molar-refractivity contribution in [1.82, 2.24) is 9.78 Å². The first-order valence-corrected chi connectivity index (χ1v) is 6.84. The van der Waals surface area contributed by atoms with Crippen LogP contribution in [0.4, 0.5) is 5.82 Å². The fourth-order valence-corrected chi connectivity index (χ4v) is 2.88. The summed E-state index contributed by atoms with van der Waals surface area (Å²) in [5, 5.41) is 2.90. The molecule has 0 radical (unpaired) electrons. The van der Waals surface area contributed by atoms with Gasteiger partial charge in [0, 0.05) is 6.07 Å². The SMILES string of the molecule is CC(c1ccc2c(c1)CCCC2)n1[nH]c(N)cc1=O. The molecule has 2 aromatic rings. The largest absolute Gasteiger partial charge is 0.384 e. The van der Waals surface area contributed by atoms with E-state index in [0.29, 0.717) is 5.82 Å². The highest BCUT2D eigenvalue weighted by atomic mass is 16.1. The zero-order valence-corrected chi connectivity index (χ0v) is 11.1. The lowest BCUT2D eigenvalue weighted by atomic mass is 9.89. The summed E-state index contributed by atoms with van der Waals surface area (Å²) in [6.07, 6.45) is 4.88. The lowest BCUT2D eigenvalue weighted by Crippen LogP contribution is -2.21. The number of H-pyrrole nitrogens is 1. The van der Waals surface area contributed by atoms with Crippen LogP contribution in [-0.2, 0) is 12.8 Å². The van der Waals surface area contributed by atoms with Crippen LogP contribution >= 0.6 is 0 Å². The van der Waals surface area contributed by atoms with Gasteiger partial charge >= 0.3 is 0 Å². The van der Waals surface area contributed by atoms with Crippen molar-refractivity contribution in [1.29, 1.82) is 0 Å². The van der Waals surface area contributed by atoms with Gasteiger partial charge in [0.15, 0.2) is 0 Å². The second kappa shape index (κ2) is 4.61. The summed E-state index contributed by atoms with van der Waals surface area (Å²) in [5.41, 5.74) is 9.60. The van der Waals surface area contributed by atoms with E-state index in [2.05, 4.69) is 23.3 Å². The Kier molecular flexibility index (Phi) is 2.93. The van der Waals surface area contributed by atoms with Crippen molar-refractivity contribution in [3.63, 3.8) is 0 Å². The van der Waals surface area contributed by atoms with Crippen LogP contribution in [0.5, 0.6) is 0 Å². The zero-order chi connectivity index (χ0) is 13.4. The second-order valence-electron chi connectivity index (χ2n) is 5.33. The van der Waals surface area contributed by atoms with Crippen LogP contribution in [0.2, 0.25) is 0 Å². The van der Waals surface area contributed by atoms with E-state index in [4.69, 9.17) is 5.73 Å². The topological polar surface area (TPSA) is 63.8 Å². The third-order valence-corrected chi connectivity index (χ3v) is 4.01. The quantitative estimate of drug-likeness (QED) is 0.866. The van der Waals surface area contributed by atoms with Gasteiger partial charge < -0.3 is 5.73 Å². The molecule has 0 saturated carbocycles. The molecule has 1 aromatic carbocycles. The Morgan fingerprint density at radius 1 is 1.21 bits per heavy atom. The van der Waals surface area contributed by atoms with Crippen LogP contribution in [0, 0.1) is 0 Å². The number of nitrogens with one attached hydrogen (secondary N) is 1. The molecule has 1 heterocycles. The number of hydrogen-bond acceptors (Lipinski definition) is 2. The molecular formula is C15H19N3O. The monoisotopic (exact) mass is 257 g/mol. The highest BCUT2D eigenvalue weighted by Crippen LogP contribution is 2.25. The number of nitrogens with two attached hydrogens (primary N) is 1. The van der Waals surface area contributed by atoms with E-state index in [1.807, 2.05) is 6.92 Å². The van der Waals surface area contributed by atoms with E-state index in [1.54, 1.807) is 4.68 Å². The highest BCUT2D eigenvalue weighted by Gasteiger charge is 2.15. The molecule has 0 bridgehead atoms. The van der Waals surface area contributed by atoms with E-state index >= 15 is 0 Å². The Morgan fingerprint density at radius 3 is 2.63 bits per heavy atom. The van der Waals surface area contributed by atoms with Gasteiger partial charge in [-0.15, -0.1) is 0 Å². The predicted octanol–water partition coefficient (Wildman–Crippen LogP) is 2.25. The molecule has 1 unspecified atom stereocenters. The molecule has 4 heteroatoms. The van der Waals surface area contributed by atoms with Gasteiger partial charge in [0.2, 0.25) is 0 Å². The lowest BCUT2D eigenvalue weighted by Gasteiger charge is -2.19. The summed E-state index contributed by atoms with van der Waals surface area (Å²) in [6.45, 7) is 2.02. The Labute approximate surface area is 112 Å². The first-order valence-electron chi connectivity index (χ1n) is 6.84. The van der Waals surface area contributed by atoms with Crippen LogP contribution in [0.1, 0.15) is 42.5 Å². The van der Waals surface area contributed by atoms with Gasteiger partial charge in [-0.05, 0) is 49.3 Å². The van der Waals surface area contributed by atoms with Gasteiger partial charge in [-0.2, -0.15) is 0 Å². The van der Waals surface area contributed by atoms with E-state index in [-0.39, 0.29) is 11.6 Å². The van der Waals surface area contributed by atoms with Crippen molar-refractivity contribution in [2.24, 2.45) is 0 Å². The third kappa shape index (κ3) is 2.18. The first-order chi connectivity index (χ1) is 9.15. The number of nitrogen functional groups attached to an aromatic ring is 1. The van der Waals surface area contributed by atoms with Gasteiger partial charge in [0.1, 0.15) is 5.82 Å². The number of hydrogen-bond donors (Lipinski definition) is 2. The molecular weight excluding hydrogens is 238 g/mol. The third-order valence-electron chi connectivity index (χ3n) is 4.01. The number of nitrogens with zero attached hydrogens (tertiary/aromatic N) is 1. The normalized spacial score (nSPS) is 16.1. The number of aromatic nitrogens is 2. The summed E-state index contributed by atoms with van der Waals surface area (Å²) in [4.78, 5) is 11.8. The van der Waals surface area contributed by atoms with Crippen molar-refractivity contribution in [2.75, 3.05) is 5.73 Å². The van der Waals surface area contributed by atoms with Crippen LogP contribution in [0.25, 0.3) is 0 Å². The maximum absolute atomic E-state index is 11.8. The van der Waals surface area contributed by atoms with Gasteiger partial charge in [0.05, 0.1) is 6.04 Å². The molecule has 0 fully saturated rings. The summed E-state index contributed by atoms with van der Waals surface area (Å²) in [7, 11) is 0. The van der Waals surface area contributed by atoms with E-state index in [1.165, 1.54) is 36.5 Å². The highest BCUT2D eigenvalue weighted by molar-refractivity contribution is 5.35. The molecule has 0 saturated heterocycles. The number of fused-ring (bicyclic) bond motifs is 1. The van der Waals surface area contributed by atoms with Crippen molar-refractivity contribution < 1.29 is 0 Å². The van der Waals surface area contributed by atoms with E-state index < -0.39 is 0 Å². The molecule has 1 aliphatic carbocycles. The minimum Gasteiger partial charge on any atom is -0.384 e. The van der Waals surface area contributed by atoms with Gasteiger partial charge in [-0.1, -0.05) is 18.2 Å². The van der Waals surface area contributed by atoms with Gasteiger partial charge in [-0.3, -0.25) is 9.89 Å². The average molecular weight is 257 g/mol. The van der Waals surface area contributed by atoms with Crippen molar-refractivity contribution in [3.05, 3.63) is 51.3 Å². The molecule has 3 N–H and O–H groups in total. The molecule has 19 heavy (non-hydrogen) atoms. The van der Waals surface area contributed by atoms with Crippen molar-refractivity contribution in [2.45, 2.75) is 38.6 Å².